The minimum atomic E-state index is 0.346. The molecule has 106 valence electrons. The van der Waals surface area contributed by atoms with Crippen molar-refractivity contribution in [3.63, 3.8) is 0 Å². The van der Waals surface area contributed by atoms with E-state index in [1.165, 1.54) is 0 Å². The average Bonchev–Trinajstić information content (AvgIpc) is 2.53. The normalized spacial score (nSPS) is 10.8. The van der Waals surface area contributed by atoms with Crippen molar-refractivity contribution in [1.82, 2.24) is 9.97 Å². The van der Waals surface area contributed by atoms with Crippen LogP contribution in [0.4, 0.5) is 0 Å². The van der Waals surface area contributed by atoms with Crippen LogP contribution in [0, 0.1) is 6.92 Å². The van der Waals surface area contributed by atoms with Crippen LogP contribution >= 0.6 is 11.6 Å². The van der Waals surface area contributed by atoms with Gasteiger partial charge < -0.3 is 4.74 Å². The van der Waals surface area contributed by atoms with Gasteiger partial charge in [0.25, 0.3) is 0 Å². The summed E-state index contributed by atoms with van der Waals surface area (Å²) in [4.78, 5) is 8.70. The number of fused-ring (bicyclic) bond motifs is 1. The number of benzene rings is 1. The van der Waals surface area contributed by atoms with Gasteiger partial charge in [-0.15, -0.1) is 11.6 Å². The Morgan fingerprint density at radius 2 is 2.05 bits per heavy atom. The average molecular weight is 299 g/mol. The zero-order valence-electron chi connectivity index (χ0n) is 11.7. The Morgan fingerprint density at radius 3 is 2.90 bits per heavy atom. The van der Waals surface area contributed by atoms with Crippen LogP contribution in [0.15, 0.2) is 48.7 Å². The molecule has 0 atom stereocenters. The third-order valence-electron chi connectivity index (χ3n) is 3.26. The van der Waals surface area contributed by atoms with Gasteiger partial charge >= 0.3 is 0 Å². The smallest absolute Gasteiger partial charge is 0.142 e. The van der Waals surface area contributed by atoms with Gasteiger partial charge in [0.05, 0.1) is 17.1 Å². The number of alkyl halides is 1. The van der Waals surface area contributed by atoms with Gasteiger partial charge in [-0.1, -0.05) is 12.1 Å². The number of nitrogens with zero attached hydrogens (tertiary/aromatic N) is 2. The van der Waals surface area contributed by atoms with E-state index >= 15 is 0 Å². The standard InChI is InChI=1S/C17H15ClN2O/c1-12-4-7-17(16(10-18)20-12)21-11-13-5-6-15-14(9-13)3-2-8-19-15/h2-9H,10-11H2,1H3. The highest BCUT2D eigenvalue weighted by Crippen LogP contribution is 2.21. The Hall–Kier alpha value is -2.13. The Balaban J connectivity index is 1.80. The van der Waals surface area contributed by atoms with Crippen molar-refractivity contribution >= 4 is 22.5 Å². The molecule has 0 aliphatic rings. The number of rotatable bonds is 4. The molecule has 0 aliphatic heterocycles. The molecule has 3 nitrogen and oxygen atoms in total. The van der Waals surface area contributed by atoms with Gasteiger partial charge in [-0.25, -0.2) is 0 Å². The van der Waals surface area contributed by atoms with Crippen LogP contribution in [0.2, 0.25) is 0 Å². The molecule has 0 aliphatic carbocycles. The molecular formula is C17H15ClN2O. The fourth-order valence-corrected chi connectivity index (χ4v) is 2.39. The molecule has 0 bridgehead atoms. The number of ether oxygens (including phenoxy) is 1. The molecule has 2 heterocycles. The van der Waals surface area contributed by atoms with E-state index in [9.17, 15) is 0 Å². The molecule has 0 radical (unpaired) electrons. The van der Waals surface area contributed by atoms with Crippen LogP contribution in [0.1, 0.15) is 17.0 Å². The molecule has 2 aromatic heterocycles. The van der Waals surface area contributed by atoms with E-state index in [0.29, 0.717) is 12.5 Å². The van der Waals surface area contributed by atoms with Crippen molar-refractivity contribution in [1.29, 1.82) is 0 Å². The van der Waals surface area contributed by atoms with Gasteiger partial charge in [0.2, 0.25) is 0 Å². The highest BCUT2D eigenvalue weighted by molar-refractivity contribution is 6.17. The third-order valence-corrected chi connectivity index (χ3v) is 3.51. The summed E-state index contributed by atoms with van der Waals surface area (Å²) in [6.07, 6.45) is 1.79. The van der Waals surface area contributed by atoms with Gasteiger partial charge in [0.1, 0.15) is 12.4 Å². The zero-order chi connectivity index (χ0) is 14.7. The first-order valence-electron chi connectivity index (χ1n) is 6.75. The lowest BCUT2D eigenvalue weighted by Crippen LogP contribution is -2.00. The van der Waals surface area contributed by atoms with Crippen LogP contribution in [0.5, 0.6) is 5.75 Å². The minimum Gasteiger partial charge on any atom is -0.487 e. The quantitative estimate of drug-likeness (QED) is 0.675. The molecule has 0 spiro atoms. The van der Waals surface area contributed by atoms with Gasteiger partial charge in [0, 0.05) is 17.3 Å². The maximum atomic E-state index is 5.91. The Labute approximate surface area is 128 Å². The molecule has 0 fully saturated rings. The van der Waals surface area contributed by atoms with Crippen LogP contribution in [-0.4, -0.2) is 9.97 Å². The first kappa shape index (κ1) is 13.8. The molecule has 0 N–H and O–H groups in total. The number of pyridine rings is 2. The molecule has 3 rings (SSSR count). The molecule has 1 aromatic carbocycles. The predicted octanol–water partition coefficient (Wildman–Crippen LogP) is 4.26. The fourth-order valence-electron chi connectivity index (χ4n) is 2.20. The fraction of sp³-hybridized carbons (Fsp3) is 0.176. The molecule has 0 unspecified atom stereocenters. The second-order valence-electron chi connectivity index (χ2n) is 4.85. The van der Waals surface area contributed by atoms with E-state index in [4.69, 9.17) is 16.3 Å². The number of halogens is 1. The first-order valence-corrected chi connectivity index (χ1v) is 7.28. The second kappa shape index (κ2) is 6.10. The maximum absolute atomic E-state index is 5.91. The maximum Gasteiger partial charge on any atom is 0.142 e. The Bertz CT molecular complexity index is 774. The number of aromatic nitrogens is 2. The molecule has 0 amide bonds. The van der Waals surface area contributed by atoms with Gasteiger partial charge in [0.15, 0.2) is 0 Å². The van der Waals surface area contributed by atoms with Crippen LogP contribution in [0.3, 0.4) is 0 Å². The predicted molar refractivity (Wildman–Crippen MR) is 84.6 cm³/mol. The third kappa shape index (κ3) is 3.14. The van der Waals surface area contributed by atoms with Crippen LogP contribution in [0.25, 0.3) is 10.9 Å². The summed E-state index contributed by atoms with van der Waals surface area (Å²) < 4.78 is 5.85. The van der Waals surface area contributed by atoms with Gasteiger partial charge in [-0.3, -0.25) is 9.97 Å². The lowest BCUT2D eigenvalue weighted by molar-refractivity contribution is 0.302. The second-order valence-corrected chi connectivity index (χ2v) is 5.12. The largest absolute Gasteiger partial charge is 0.487 e. The van der Waals surface area contributed by atoms with Crippen molar-refractivity contribution in [3.8, 4) is 5.75 Å². The van der Waals surface area contributed by atoms with Crippen molar-refractivity contribution in [2.24, 2.45) is 0 Å². The monoisotopic (exact) mass is 298 g/mol. The van der Waals surface area contributed by atoms with E-state index in [2.05, 4.69) is 16.0 Å². The van der Waals surface area contributed by atoms with E-state index in [-0.39, 0.29) is 0 Å². The highest BCUT2D eigenvalue weighted by atomic mass is 35.5. The summed E-state index contributed by atoms with van der Waals surface area (Å²) in [7, 11) is 0. The summed E-state index contributed by atoms with van der Waals surface area (Å²) in [6, 6.07) is 13.9. The van der Waals surface area contributed by atoms with Crippen molar-refractivity contribution in [2.75, 3.05) is 0 Å². The van der Waals surface area contributed by atoms with Gasteiger partial charge in [-0.2, -0.15) is 0 Å². The topological polar surface area (TPSA) is 35.0 Å². The lowest BCUT2D eigenvalue weighted by Gasteiger charge is -2.10. The minimum absolute atomic E-state index is 0.346. The van der Waals surface area contributed by atoms with E-state index in [0.717, 1.165) is 33.6 Å². The molecule has 21 heavy (non-hydrogen) atoms. The van der Waals surface area contributed by atoms with Crippen molar-refractivity contribution in [2.45, 2.75) is 19.4 Å². The van der Waals surface area contributed by atoms with E-state index < -0.39 is 0 Å². The van der Waals surface area contributed by atoms with Crippen LogP contribution < -0.4 is 4.74 Å². The summed E-state index contributed by atoms with van der Waals surface area (Å²) in [5.41, 5.74) is 3.80. The molecule has 0 saturated heterocycles. The molecular weight excluding hydrogens is 284 g/mol. The zero-order valence-corrected chi connectivity index (χ0v) is 12.5. The van der Waals surface area contributed by atoms with Gasteiger partial charge in [-0.05, 0) is 42.8 Å². The first-order chi connectivity index (χ1) is 10.3. The summed E-state index contributed by atoms with van der Waals surface area (Å²) >= 11 is 5.91. The van der Waals surface area contributed by atoms with Crippen molar-refractivity contribution in [3.05, 3.63) is 65.6 Å². The molecule has 4 heteroatoms. The molecule has 0 saturated carbocycles. The Kier molecular flexibility index (Phi) is 4.02. The van der Waals surface area contributed by atoms with E-state index in [1.54, 1.807) is 6.20 Å². The highest BCUT2D eigenvalue weighted by Gasteiger charge is 2.05. The number of hydrogen-bond donors (Lipinski definition) is 0. The Morgan fingerprint density at radius 1 is 1.14 bits per heavy atom. The van der Waals surface area contributed by atoms with Crippen molar-refractivity contribution < 1.29 is 4.74 Å². The summed E-state index contributed by atoms with van der Waals surface area (Å²) in [5, 5.41) is 1.11. The number of aryl methyl sites for hydroxylation is 1. The van der Waals surface area contributed by atoms with E-state index in [1.807, 2.05) is 43.3 Å². The lowest BCUT2D eigenvalue weighted by atomic mass is 10.1. The molecule has 3 aromatic rings. The van der Waals surface area contributed by atoms with Crippen LogP contribution in [-0.2, 0) is 12.5 Å². The SMILES string of the molecule is Cc1ccc(OCc2ccc3ncccc3c2)c(CCl)n1. The number of hydrogen-bond acceptors (Lipinski definition) is 3. The summed E-state index contributed by atoms with van der Waals surface area (Å²) in [6.45, 7) is 2.43. The summed E-state index contributed by atoms with van der Waals surface area (Å²) in [5.74, 6) is 1.08.